The fourth-order valence-corrected chi connectivity index (χ4v) is 4.86. The Kier molecular flexibility index (Phi) is 6.81. The molecule has 3 aromatic rings. The quantitative estimate of drug-likeness (QED) is 0.558. The number of carbonyl (C=O) groups is 1. The van der Waals surface area contributed by atoms with E-state index >= 15 is 0 Å². The minimum atomic E-state index is -0.940. The molecule has 1 saturated heterocycles. The third-order valence-corrected chi connectivity index (χ3v) is 6.49. The molecule has 2 N–H and O–H groups in total. The third kappa shape index (κ3) is 4.65. The van der Waals surface area contributed by atoms with Gasteiger partial charge in [-0.15, -0.1) is 0 Å². The van der Waals surface area contributed by atoms with Crippen LogP contribution in [0.2, 0.25) is 0 Å². The highest BCUT2D eigenvalue weighted by molar-refractivity contribution is 5.88. The molecule has 1 aromatic heterocycles. The van der Waals surface area contributed by atoms with E-state index in [-0.39, 0.29) is 23.1 Å². The smallest absolute Gasteiger partial charge is 0.335 e. The first-order valence-corrected chi connectivity index (χ1v) is 11.3. The van der Waals surface area contributed by atoms with Crippen molar-refractivity contribution in [1.82, 2.24) is 9.88 Å². The van der Waals surface area contributed by atoms with Crippen molar-refractivity contribution in [3.8, 4) is 5.75 Å². The van der Waals surface area contributed by atoms with Crippen LogP contribution in [0.1, 0.15) is 52.9 Å². The molecule has 0 amide bonds. The second-order valence-electron chi connectivity index (χ2n) is 8.48. The van der Waals surface area contributed by atoms with Crippen LogP contribution < -0.4 is 10.2 Å². The summed E-state index contributed by atoms with van der Waals surface area (Å²) in [6.07, 6.45) is 3.49. The molecular weight excluding hydrogens is 420 g/mol. The van der Waals surface area contributed by atoms with Gasteiger partial charge in [-0.2, -0.15) is 0 Å². The lowest BCUT2D eigenvalue weighted by Crippen LogP contribution is -2.39. The van der Waals surface area contributed by atoms with E-state index in [1.54, 1.807) is 31.5 Å². The number of pyridine rings is 1. The van der Waals surface area contributed by atoms with Gasteiger partial charge in [0.05, 0.1) is 29.7 Å². The molecule has 7 nitrogen and oxygen atoms in total. The number of H-pyrrole nitrogens is 1. The van der Waals surface area contributed by atoms with Gasteiger partial charge in [0.2, 0.25) is 0 Å². The average Bonchev–Trinajstić information content (AvgIpc) is 2.82. The van der Waals surface area contributed by atoms with E-state index in [1.165, 1.54) is 0 Å². The van der Waals surface area contributed by atoms with E-state index in [0.717, 1.165) is 41.6 Å². The van der Waals surface area contributed by atoms with E-state index in [0.29, 0.717) is 24.3 Å². The summed E-state index contributed by atoms with van der Waals surface area (Å²) in [5.74, 6) is -0.243. The van der Waals surface area contributed by atoms with Crippen LogP contribution in [0.4, 0.5) is 0 Å². The molecular formula is C26H30N2O5. The van der Waals surface area contributed by atoms with Gasteiger partial charge >= 0.3 is 5.97 Å². The summed E-state index contributed by atoms with van der Waals surface area (Å²) < 4.78 is 11.6. The number of ether oxygens (including phenoxy) is 2. The van der Waals surface area contributed by atoms with Crippen LogP contribution in [-0.2, 0) is 11.3 Å². The fraction of sp³-hybridized carbons (Fsp3) is 0.385. The van der Waals surface area contributed by atoms with Crippen molar-refractivity contribution in [1.29, 1.82) is 0 Å². The molecule has 0 spiro atoms. The van der Waals surface area contributed by atoms with Crippen LogP contribution in [0, 0.1) is 6.92 Å². The number of fused-ring (bicyclic) bond motifs is 1. The number of aryl methyl sites for hydroxylation is 1. The maximum Gasteiger partial charge on any atom is 0.335 e. The number of aromatic carboxylic acids is 1. The number of aromatic amines is 1. The monoisotopic (exact) mass is 450 g/mol. The number of benzene rings is 2. The zero-order valence-electron chi connectivity index (χ0n) is 19.3. The Morgan fingerprint density at radius 1 is 1.24 bits per heavy atom. The van der Waals surface area contributed by atoms with Crippen molar-refractivity contribution in [3.05, 3.63) is 75.1 Å². The van der Waals surface area contributed by atoms with Crippen LogP contribution in [0.25, 0.3) is 10.9 Å². The Morgan fingerprint density at radius 2 is 2.00 bits per heavy atom. The number of carboxylic acids is 1. The topological polar surface area (TPSA) is 91.9 Å². The highest BCUT2D eigenvalue weighted by Crippen LogP contribution is 2.37. The van der Waals surface area contributed by atoms with Crippen LogP contribution >= 0.6 is 0 Å². The van der Waals surface area contributed by atoms with E-state index in [4.69, 9.17) is 9.47 Å². The minimum absolute atomic E-state index is 0.0296. The lowest BCUT2D eigenvalue weighted by atomic mass is 9.91. The van der Waals surface area contributed by atoms with Crippen molar-refractivity contribution >= 4 is 16.9 Å². The molecule has 0 bridgehead atoms. The molecule has 2 aromatic carbocycles. The number of carboxylic acid groups (broad SMARTS) is 1. The van der Waals surface area contributed by atoms with Crippen molar-refractivity contribution < 1.29 is 19.4 Å². The molecule has 4 rings (SSSR count). The molecule has 174 valence electrons. The number of hydrogen-bond donors (Lipinski definition) is 2. The first-order valence-electron chi connectivity index (χ1n) is 11.3. The number of hydrogen-bond acceptors (Lipinski definition) is 5. The lowest BCUT2D eigenvalue weighted by molar-refractivity contribution is -0.0138. The number of nitrogens with zero attached hydrogens (tertiary/aromatic N) is 1. The summed E-state index contributed by atoms with van der Waals surface area (Å²) in [4.78, 5) is 29.8. The third-order valence-electron chi connectivity index (χ3n) is 6.49. The van der Waals surface area contributed by atoms with E-state index in [1.807, 2.05) is 32.0 Å². The van der Waals surface area contributed by atoms with Gasteiger partial charge in [0.15, 0.2) is 5.43 Å². The van der Waals surface area contributed by atoms with Crippen molar-refractivity contribution in [3.63, 3.8) is 0 Å². The molecule has 0 radical (unpaired) electrons. The predicted molar refractivity (Wildman–Crippen MR) is 127 cm³/mol. The molecule has 1 fully saturated rings. The van der Waals surface area contributed by atoms with Crippen molar-refractivity contribution in [2.75, 3.05) is 20.3 Å². The van der Waals surface area contributed by atoms with Crippen LogP contribution in [0.3, 0.4) is 0 Å². The lowest BCUT2D eigenvalue weighted by Gasteiger charge is -2.40. The summed E-state index contributed by atoms with van der Waals surface area (Å²) >= 11 is 0. The number of likely N-dealkylation sites (tertiary alicyclic amines) is 1. The molecule has 1 aliphatic heterocycles. The maximum absolute atomic E-state index is 12.9. The van der Waals surface area contributed by atoms with Gasteiger partial charge in [0.1, 0.15) is 5.75 Å². The zero-order chi connectivity index (χ0) is 23.5. The van der Waals surface area contributed by atoms with Crippen LogP contribution in [0.5, 0.6) is 5.75 Å². The highest BCUT2D eigenvalue weighted by atomic mass is 16.5. The molecule has 7 heteroatoms. The van der Waals surface area contributed by atoms with Gasteiger partial charge in [-0.05, 0) is 56.0 Å². The standard InChI is InChI=1S/C26H30N2O5/c1-4-33-19-10-12-28(21(14-19)17-5-7-18(8-6-17)26(30)31)15-20-23(32-3)13-16(2)25-24(20)22(29)9-11-27-25/h5-9,11,13,19,21H,4,10,12,14-15H2,1-3H3,(H,27,29)(H,30,31)/t19-,21-/m0/s1. The number of nitrogens with one attached hydrogen (secondary N) is 1. The Morgan fingerprint density at radius 3 is 2.67 bits per heavy atom. The average molecular weight is 451 g/mol. The summed E-state index contributed by atoms with van der Waals surface area (Å²) in [6.45, 7) is 5.95. The molecule has 0 saturated carbocycles. The summed E-state index contributed by atoms with van der Waals surface area (Å²) in [5.41, 5.74) is 3.91. The van der Waals surface area contributed by atoms with E-state index < -0.39 is 5.97 Å². The second-order valence-corrected chi connectivity index (χ2v) is 8.48. The Balaban J connectivity index is 1.75. The predicted octanol–water partition coefficient (Wildman–Crippen LogP) is 4.29. The van der Waals surface area contributed by atoms with Gasteiger partial charge in [-0.1, -0.05) is 12.1 Å². The first kappa shape index (κ1) is 23.0. The maximum atomic E-state index is 12.9. The largest absolute Gasteiger partial charge is 0.496 e. The minimum Gasteiger partial charge on any atom is -0.496 e. The molecule has 33 heavy (non-hydrogen) atoms. The normalized spacial score (nSPS) is 19.0. The first-order chi connectivity index (χ1) is 15.9. The number of methoxy groups -OCH3 is 1. The molecule has 2 atom stereocenters. The Hall–Kier alpha value is -3.16. The SMILES string of the molecule is CCO[C@H]1CCN(Cc2c(OC)cc(C)c3[nH]ccc(=O)c23)[C@H](c2ccc(C(=O)O)cc2)C1. The van der Waals surface area contributed by atoms with Gasteiger partial charge in [0, 0.05) is 43.6 Å². The Labute approximate surface area is 193 Å². The number of aromatic nitrogens is 1. The highest BCUT2D eigenvalue weighted by Gasteiger charge is 2.31. The molecule has 2 heterocycles. The van der Waals surface area contributed by atoms with Crippen molar-refractivity contribution in [2.45, 2.75) is 45.4 Å². The fourth-order valence-electron chi connectivity index (χ4n) is 4.86. The number of piperidine rings is 1. The van der Waals surface area contributed by atoms with Crippen LogP contribution in [0.15, 0.2) is 47.4 Å². The summed E-state index contributed by atoms with van der Waals surface area (Å²) in [6, 6.07) is 10.6. The molecule has 1 aliphatic rings. The number of rotatable bonds is 7. The van der Waals surface area contributed by atoms with Gasteiger partial charge in [-0.3, -0.25) is 9.69 Å². The van der Waals surface area contributed by atoms with Crippen molar-refractivity contribution in [2.24, 2.45) is 0 Å². The van der Waals surface area contributed by atoms with Gasteiger partial charge < -0.3 is 19.6 Å². The Bertz CT molecular complexity index is 1200. The van der Waals surface area contributed by atoms with E-state index in [2.05, 4.69) is 9.88 Å². The van der Waals surface area contributed by atoms with Gasteiger partial charge in [-0.25, -0.2) is 4.79 Å². The van der Waals surface area contributed by atoms with Crippen LogP contribution in [-0.4, -0.2) is 47.3 Å². The zero-order valence-corrected chi connectivity index (χ0v) is 19.3. The van der Waals surface area contributed by atoms with E-state index in [9.17, 15) is 14.7 Å². The van der Waals surface area contributed by atoms with Gasteiger partial charge in [0.25, 0.3) is 0 Å². The second kappa shape index (κ2) is 9.77. The summed E-state index contributed by atoms with van der Waals surface area (Å²) in [5, 5.41) is 9.93. The molecule has 0 unspecified atom stereocenters. The summed E-state index contributed by atoms with van der Waals surface area (Å²) in [7, 11) is 1.63. The molecule has 0 aliphatic carbocycles.